The zero-order valence-electron chi connectivity index (χ0n) is 21.0. The number of aromatic nitrogens is 1. The summed E-state index contributed by atoms with van der Waals surface area (Å²) in [5.41, 5.74) is -4.59. The number of ether oxygens (including phenoxy) is 1. The summed E-state index contributed by atoms with van der Waals surface area (Å²) in [6.45, 7) is 0.686. The number of carbonyl (C=O) groups excluding carboxylic acids is 2. The molecule has 2 amide bonds. The number of hydrogen-bond acceptors (Lipinski definition) is 5. The summed E-state index contributed by atoms with van der Waals surface area (Å²) in [5, 5.41) is 2.09. The zero-order valence-corrected chi connectivity index (χ0v) is 22.6. The van der Waals surface area contributed by atoms with Crippen LogP contribution in [0.5, 0.6) is 0 Å². The molecule has 2 aliphatic heterocycles. The van der Waals surface area contributed by atoms with Gasteiger partial charge in [0.1, 0.15) is 0 Å². The normalized spacial score (nSPS) is 17.8. The molecule has 3 aromatic rings. The molecular weight excluding hydrogens is 626 g/mol. The van der Waals surface area contributed by atoms with Gasteiger partial charge in [-0.15, -0.1) is 0 Å². The van der Waals surface area contributed by atoms with Crippen LogP contribution in [-0.4, -0.2) is 67.1 Å². The molecule has 1 atom stereocenters. The van der Waals surface area contributed by atoms with Crippen LogP contribution in [0.25, 0.3) is 10.9 Å². The fourth-order valence-corrected chi connectivity index (χ4v) is 5.56. The monoisotopic (exact) mass is 646 g/mol. The Morgan fingerprint density at radius 2 is 1.76 bits per heavy atom. The van der Waals surface area contributed by atoms with E-state index in [4.69, 9.17) is 4.74 Å². The van der Waals surface area contributed by atoms with Gasteiger partial charge in [-0.1, -0.05) is 15.9 Å². The maximum absolute atomic E-state index is 14.8. The molecule has 2 N–H and O–H groups in total. The van der Waals surface area contributed by atoms with Crippen molar-refractivity contribution in [2.45, 2.75) is 18.6 Å². The van der Waals surface area contributed by atoms with E-state index in [0.29, 0.717) is 6.07 Å². The van der Waals surface area contributed by atoms with Crippen molar-refractivity contribution < 1.29 is 40.7 Å². The van der Waals surface area contributed by atoms with E-state index in [9.17, 15) is 40.7 Å². The van der Waals surface area contributed by atoms with Crippen LogP contribution < -0.4 is 15.8 Å². The van der Waals surface area contributed by atoms with Gasteiger partial charge in [-0.3, -0.25) is 14.4 Å². The lowest BCUT2D eigenvalue weighted by Gasteiger charge is -2.31. The van der Waals surface area contributed by atoms with Crippen LogP contribution in [0, 0.1) is 17.5 Å². The van der Waals surface area contributed by atoms with Gasteiger partial charge in [-0.2, -0.15) is 17.6 Å². The van der Waals surface area contributed by atoms with E-state index in [1.165, 1.54) is 15.9 Å². The molecule has 2 aromatic carbocycles. The van der Waals surface area contributed by atoms with Crippen LogP contribution in [0.1, 0.15) is 32.7 Å². The van der Waals surface area contributed by atoms with Crippen LogP contribution in [0.2, 0.25) is 0 Å². The summed E-state index contributed by atoms with van der Waals surface area (Å²) < 4.78 is 90.6. The number of pyridine rings is 1. The Morgan fingerprint density at radius 3 is 2.44 bits per heavy atom. The second kappa shape index (κ2) is 11.0. The average Bonchev–Trinajstić information content (AvgIpc) is 3.39. The van der Waals surface area contributed by atoms with Gasteiger partial charge >= 0.3 is 6.18 Å². The number of amides is 2. The third-order valence-electron chi connectivity index (χ3n) is 7.00. The highest BCUT2D eigenvalue weighted by Gasteiger charge is 2.40. The molecule has 3 heterocycles. The van der Waals surface area contributed by atoms with Crippen molar-refractivity contribution in [2.24, 2.45) is 0 Å². The summed E-state index contributed by atoms with van der Waals surface area (Å²) in [6, 6.07) is 2.94. The van der Waals surface area contributed by atoms with Gasteiger partial charge in [-0.25, -0.2) is 8.78 Å². The first-order valence-electron chi connectivity index (χ1n) is 12.4. The number of aromatic amines is 1. The van der Waals surface area contributed by atoms with Gasteiger partial charge < -0.3 is 24.8 Å². The minimum atomic E-state index is -4.83. The Hall–Kier alpha value is -3.59. The third kappa shape index (κ3) is 5.52. The minimum absolute atomic E-state index is 0.00249. The Labute approximate surface area is 236 Å². The average molecular weight is 647 g/mol. The molecule has 5 rings (SSSR count). The highest BCUT2D eigenvalue weighted by molar-refractivity contribution is 9.10. The van der Waals surface area contributed by atoms with Crippen LogP contribution in [-0.2, 0) is 10.9 Å². The SMILES string of the molecule is O=C(N[C@@H]1CCN(c2c(C(=O)N3CCOCC3)cc(Br)cc2C(F)(F)F)C1)c1c(F)c(=O)[nH]c2c(F)c(F)ccc12. The number of rotatable bonds is 4. The smallest absolute Gasteiger partial charge is 0.378 e. The van der Waals surface area contributed by atoms with Gasteiger partial charge in [0.05, 0.1) is 41.1 Å². The van der Waals surface area contributed by atoms with Crippen LogP contribution >= 0.6 is 15.9 Å². The number of anilines is 1. The van der Waals surface area contributed by atoms with Gasteiger partial charge in [-0.05, 0) is 30.7 Å². The summed E-state index contributed by atoms with van der Waals surface area (Å²) in [7, 11) is 0. The number of morpholine rings is 1. The Kier molecular flexibility index (Phi) is 7.76. The molecule has 0 spiro atoms. The number of benzene rings is 2. The number of alkyl halides is 3. The van der Waals surface area contributed by atoms with Crippen molar-refractivity contribution in [2.75, 3.05) is 44.3 Å². The molecule has 41 heavy (non-hydrogen) atoms. The molecule has 0 aliphatic carbocycles. The summed E-state index contributed by atoms with van der Waals surface area (Å²) in [4.78, 5) is 43.0. The predicted octanol–water partition coefficient (Wildman–Crippen LogP) is 4.21. The van der Waals surface area contributed by atoms with E-state index in [1.807, 2.05) is 4.98 Å². The quantitative estimate of drug-likeness (QED) is 0.415. The summed E-state index contributed by atoms with van der Waals surface area (Å²) >= 11 is 3.07. The van der Waals surface area contributed by atoms with Crippen molar-refractivity contribution in [3.63, 3.8) is 0 Å². The summed E-state index contributed by atoms with van der Waals surface area (Å²) in [5.74, 6) is -6.08. The lowest BCUT2D eigenvalue weighted by Crippen LogP contribution is -2.42. The highest BCUT2D eigenvalue weighted by Crippen LogP contribution is 2.42. The third-order valence-corrected chi connectivity index (χ3v) is 7.45. The summed E-state index contributed by atoms with van der Waals surface area (Å²) in [6.07, 6.45) is -4.72. The van der Waals surface area contributed by atoms with Crippen molar-refractivity contribution in [3.05, 3.63) is 73.2 Å². The lowest BCUT2D eigenvalue weighted by molar-refractivity contribution is -0.137. The molecule has 15 heteroatoms. The molecule has 8 nitrogen and oxygen atoms in total. The second-order valence-corrected chi connectivity index (χ2v) is 10.5. The zero-order chi connectivity index (χ0) is 29.6. The van der Waals surface area contributed by atoms with E-state index >= 15 is 0 Å². The topological polar surface area (TPSA) is 94.7 Å². The van der Waals surface area contributed by atoms with Gasteiger partial charge in [0.15, 0.2) is 11.6 Å². The number of nitrogens with zero attached hydrogens (tertiary/aromatic N) is 2. The van der Waals surface area contributed by atoms with Crippen molar-refractivity contribution in [1.82, 2.24) is 15.2 Å². The minimum Gasteiger partial charge on any atom is -0.378 e. The fraction of sp³-hybridized carbons (Fsp3) is 0.346. The van der Waals surface area contributed by atoms with E-state index in [1.54, 1.807) is 0 Å². The highest BCUT2D eigenvalue weighted by atomic mass is 79.9. The first-order valence-corrected chi connectivity index (χ1v) is 13.2. The van der Waals surface area contributed by atoms with Gasteiger partial charge in [0, 0.05) is 42.1 Å². The van der Waals surface area contributed by atoms with E-state index < -0.39 is 63.7 Å². The molecular formula is C26H21BrF6N4O4. The molecule has 0 unspecified atom stereocenters. The molecule has 1 aromatic heterocycles. The van der Waals surface area contributed by atoms with Crippen molar-refractivity contribution in [3.8, 4) is 0 Å². The van der Waals surface area contributed by atoms with Crippen molar-refractivity contribution >= 4 is 44.3 Å². The Morgan fingerprint density at radius 1 is 1.05 bits per heavy atom. The molecule has 0 bridgehead atoms. The van der Waals surface area contributed by atoms with E-state index in [-0.39, 0.29) is 66.9 Å². The maximum atomic E-state index is 14.8. The van der Waals surface area contributed by atoms with Crippen molar-refractivity contribution in [1.29, 1.82) is 0 Å². The number of hydrogen-bond donors (Lipinski definition) is 2. The Balaban J connectivity index is 1.47. The van der Waals surface area contributed by atoms with E-state index in [0.717, 1.165) is 12.1 Å². The van der Waals surface area contributed by atoms with Crippen LogP contribution in [0.3, 0.4) is 0 Å². The Bertz CT molecular complexity index is 1610. The molecule has 0 radical (unpaired) electrons. The van der Waals surface area contributed by atoms with Crippen LogP contribution in [0.15, 0.2) is 33.5 Å². The van der Waals surface area contributed by atoms with Gasteiger partial charge in [0.25, 0.3) is 17.4 Å². The largest absolute Gasteiger partial charge is 0.418 e. The molecule has 2 aliphatic rings. The fourth-order valence-electron chi connectivity index (χ4n) is 5.10. The standard InChI is InChI=1S/C26H21BrF6N4O4/c27-12-9-15(25(40)36-5-7-41-8-6-36)22(16(10-12)26(31,32)33)37-4-3-13(11-37)34-23(38)18-14-1-2-17(28)19(29)21(14)35-24(39)20(18)30/h1-2,9-10,13H,3-8,11H2,(H,34,38)(H,35,39)/t13-/m1/s1. The predicted molar refractivity (Wildman–Crippen MR) is 138 cm³/mol. The first kappa shape index (κ1) is 28.9. The number of H-pyrrole nitrogens is 1. The molecule has 0 saturated carbocycles. The lowest BCUT2D eigenvalue weighted by atomic mass is 10.0. The first-order chi connectivity index (χ1) is 19.4. The number of nitrogens with one attached hydrogen (secondary N) is 2. The van der Waals surface area contributed by atoms with Crippen LogP contribution in [0.4, 0.5) is 32.0 Å². The molecule has 218 valence electrons. The second-order valence-electron chi connectivity index (χ2n) is 9.58. The maximum Gasteiger partial charge on any atom is 0.418 e. The van der Waals surface area contributed by atoms with Gasteiger partial charge in [0.2, 0.25) is 5.82 Å². The number of fused-ring (bicyclic) bond motifs is 1. The van der Waals surface area contributed by atoms with E-state index in [2.05, 4.69) is 21.2 Å². The molecule has 2 saturated heterocycles. The number of carbonyl (C=O) groups is 2. The molecule has 2 fully saturated rings. The number of halogens is 7.